The summed E-state index contributed by atoms with van der Waals surface area (Å²) in [6, 6.07) is 1.13. The second-order valence-corrected chi connectivity index (χ2v) is 4.47. The molecule has 0 saturated carbocycles. The highest BCUT2D eigenvalue weighted by molar-refractivity contribution is 4.91. The maximum Gasteiger partial charge on any atom is 0.0584 e. The van der Waals surface area contributed by atoms with Crippen LogP contribution in [0.2, 0.25) is 0 Å². The second kappa shape index (κ2) is 3.95. The maximum atomic E-state index is 9.02. The van der Waals surface area contributed by atoms with E-state index < -0.39 is 0 Å². The summed E-state index contributed by atoms with van der Waals surface area (Å²) < 4.78 is 0. The minimum Gasteiger partial charge on any atom is -0.395 e. The van der Waals surface area contributed by atoms with Crippen LogP contribution in [-0.4, -0.2) is 48.8 Å². The maximum absolute atomic E-state index is 9.02. The number of nitrogens with one attached hydrogen (secondary N) is 1. The Kier molecular flexibility index (Phi) is 2.86. The van der Waals surface area contributed by atoms with Crippen molar-refractivity contribution in [3.05, 3.63) is 0 Å². The fourth-order valence-corrected chi connectivity index (χ4v) is 2.81. The third-order valence-electron chi connectivity index (χ3n) is 3.60. The molecule has 0 amide bonds. The molecule has 2 fully saturated rings. The number of aliphatic hydroxyl groups is 1. The van der Waals surface area contributed by atoms with Gasteiger partial charge < -0.3 is 15.3 Å². The molecular weight excluding hydrogens is 164 g/mol. The number of aliphatic hydroxyl groups excluding tert-OH is 1. The summed E-state index contributed by atoms with van der Waals surface area (Å²) in [5.74, 6) is 0.768. The number of nitrogens with zero attached hydrogens (tertiary/aromatic N) is 1. The van der Waals surface area contributed by atoms with Crippen molar-refractivity contribution in [2.45, 2.75) is 31.3 Å². The van der Waals surface area contributed by atoms with E-state index in [1.807, 2.05) is 0 Å². The van der Waals surface area contributed by atoms with Crippen LogP contribution in [0.25, 0.3) is 0 Å². The average molecular weight is 184 g/mol. The largest absolute Gasteiger partial charge is 0.395 e. The quantitative estimate of drug-likeness (QED) is 0.636. The first-order valence-electron chi connectivity index (χ1n) is 5.35. The molecule has 2 rings (SSSR count). The molecule has 2 saturated heterocycles. The first-order valence-corrected chi connectivity index (χ1v) is 5.35. The Morgan fingerprint density at radius 1 is 1.54 bits per heavy atom. The van der Waals surface area contributed by atoms with Crippen LogP contribution in [0.3, 0.4) is 0 Å². The highest BCUT2D eigenvalue weighted by atomic mass is 16.3. The molecule has 0 aromatic carbocycles. The fraction of sp³-hybridized carbons (Fsp3) is 1.00. The molecule has 2 aliphatic rings. The molecule has 2 heterocycles. The third kappa shape index (κ3) is 1.87. The summed E-state index contributed by atoms with van der Waals surface area (Å²) in [7, 11) is 2.23. The first kappa shape index (κ1) is 9.44. The Bertz CT molecular complexity index is 174. The van der Waals surface area contributed by atoms with Crippen molar-refractivity contribution < 1.29 is 5.11 Å². The molecule has 2 N–H and O–H groups in total. The van der Waals surface area contributed by atoms with Crippen molar-refractivity contribution in [1.29, 1.82) is 0 Å². The van der Waals surface area contributed by atoms with Gasteiger partial charge in [0.2, 0.25) is 0 Å². The zero-order valence-electron chi connectivity index (χ0n) is 8.37. The van der Waals surface area contributed by atoms with Gasteiger partial charge in [0.1, 0.15) is 0 Å². The summed E-state index contributed by atoms with van der Waals surface area (Å²) in [4.78, 5) is 2.48. The molecule has 0 radical (unpaired) electrons. The van der Waals surface area contributed by atoms with E-state index in [1.165, 1.54) is 19.4 Å². The Balaban J connectivity index is 1.88. The van der Waals surface area contributed by atoms with Crippen molar-refractivity contribution in [2.24, 2.45) is 5.92 Å². The van der Waals surface area contributed by atoms with Crippen LogP contribution in [0.1, 0.15) is 19.3 Å². The van der Waals surface area contributed by atoms with Crippen LogP contribution in [0.5, 0.6) is 0 Å². The van der Waals surface area contributed by atoms with Gasteiger partial charge in [-0.25, -0.2) is 0 Å². The lowest BCUT2D eigenvalue weighted by atomic mass is 9.95. The van der Waals surface area contributed by atoms with E-state index in [4.69, 9.17) is 5.11 Å². The highest BCUT2D eigenvalue weighted by Crippen LogP contribution is 2.28. The van der Waals surface area contributed by atoms with Crippen molar-refractivity contribution >= 4 is 0 Å². The molecule has 2 aliphatic heterocycles. The summed E-state index contributed by atoms with van der Waals surface area (Å²) in [6.45, 7) is 2.65. The van der Waals surface area contributed by atoms with Crippen LogP contribution >= 0.6 is 0 Å². The van der Waals surface area contributed by atoms with Gasteiger partial charge in [0.05, 0.1) is 6.61 Å². The molecule has 3 atom stereocenters. The van der Waals surface area contributed by atoms with E-state index in [9.17, 15) is 0 Å². The van der Waals surface area contributed by atoms with Gasteiger partial charge in [-0.15, -0.1) is 0 Å². The lowest BCUT2D eigenvalue weighted by Gasteiger charge is -2.25. The monoisotopic (exact) mass is 184 g/mol. The van der Waals surface area contributed by atoms with E-state index in [-0.39, 0.29) is 0 Å². The summed E-state index contributed by atoms with van der Waals surface area (Å²) in [6.07, 6.45) is 3.86. The minimum atomic E-state index is 0.299. The predicted molar refractivity (Wildman–Crippen MR) is 52.6 cm³/mol. The van der Waals surface area contributed by atoms with Crippen LogP contribution < -0.4 is 5.32 Å². The van der Waals surface area contributed by atoms with Gasteiger partial charge in [0, 0.05) is 12.1 Å². The zero-order chi connectivity index (χ0) is 9.26. The number of hydrogen-bond acceptors (Lipinski definition) is 3. The molecule has 3 nitrogen and oxygen atoms in total. The Morgan fingerprint density at radius 2 is 2.38 bits per heavy atom. The van der Waals surface area contributed by atoms with E-state index in [1.54, 1.807) is 0 Å². The molecule has 0 aromatic heterocycles. The molecule has 0 aromatic rings. The van der Waals surface area contributed by atoms with E-state index in [0.717, 1.165) is 24.9 Å². The lowest BCUT2D eigenvalue weighted by Crippen LogP contribution is -2.33. The normalized spacial score (nSPS) is 41.5. The van der Waals surface area contributed by atoms with Crippen LogP contribution in [0, 0.1) is 5.92 Å². The van der Waals surface area contributed by atoms with Crippen molar-refractivity contribution in [2.75, 3.05) is 26.7 Å². The van der Waals surface area contributed by atoms with E-state index in [0.29, 0.717) is 12.6 Å². The lowest BCUT2D eigenvalue weighted by molar-refractivity contribution is 0.222. The molecule has 13 heavy (non-hydrogen) atoms. The Labute approximate surface area is 80.1 Å². The average Bonchev–Trinajstić information content (AvgIpc) is 2.71. The Morgan fingerprint density at radius 3 is 2.92 bits per heavy atom. The fourth-order valence-electron chi connectivity index (χ4n) is 2.81. The van der Waals surface area contributed by atoms with Crippen LogP contribution in [-0.2, 0) is 0 Å². The van der Waals surface area contributed by atoms with Crippen molar-refractivity contribution in [3.8, 4) is 0 Å². The van der Waals surface area contributed by atoms with Gasteiger partial charge in [-0.05, 0) is 45.3 Å². The van der Waals surface area contributed by atoms with Gasteiger partial charge in [-0.1, -0.05) is 0 Å². The van der Waals surface area contributed by atoms with Gasteiger partial charge >= 0.3 is 0 Å². The zero-order valence-corrected chi connectivity index (χ0v) is 8.37. The molecule has 76 valence electrons. The first-order chi connectivity index (χ1) is 6.31. The smallest absolute Gasteiger partial charge is 0.0584 e. The third-order valence-corrected chi connectivity index (χ3v) is 3.60. The predicted octanol–water partition coefficient (Wildman–Crippen LogP) is 0.0510. The summed E-state index contributed by atoms with van der Waals surface area (Å²) >= 11 is 0. The number of likely N-dealkylation sites (tertiary alicyclic amines) is 1. The number of rotatable bonds is 2. The van der Waals surface area contributed by atoms with Crippen molar-refractivity contribution in [1.82, 2.24) is 10.2 Å². The molecule has 0 spiro atoms. The van der Waals surface area contributed by atoms with Gasteiger partial charge in [-0.3, -0.25) is 0 Å². The number of hydrogen-bond donors (Lipinski definition) is 2. The topological polar surface area (TPSA) is 35.5 Å². The molecule has 0 bridgehead atoms. The molecule has 3 unspecified atom stereocenters. The summed E-state index contributed by atoms with van der Waals surface area (Å²) in [5.41, 5.74) is 0. The van der Waals surface area contributed by atoms with E-state index >= 15 is 0 Å². The van der Waals surface area contributed by atoms with E-state index in [2.05, 4.69) is 17.3 Å². The minimum absolute atomic E-state index is 0.299. The second-order valence-electron chi connectivity index (χ2n) is 4.47. The van der Waals surface area contributed by atoms with Crippen molar-refractivity contribution in [3.63, 3.8) is 0 Å². The van der Waals surface area contributed by atoms with Gasteiger partial charge in [0.15, 0.2) is 0 Å². The standard InChI is InChI=1S/C10H20N2O/c1-12-4-2-3-10(12)8-5-9(7-13)11-6-8/h8-11,13H,2-7H2,1H3. The van der Waals surface area contributed by atoms with Gasteiger partial charge in [-0.2, -0.15) is 0 Å². The van der Waals surface area contributed by atoms with Crippen LogP contribution in [0.15, 0.2) is 0 Å². The molecule has 0 aliphatic carbocycles. The Hall–Kier alpha value is -0.120. The molecular formula is C10H20N2O. The van der Waals surface area contributed by atoms with Gasteiger partial charge in [0.25, 0.3) is 0 Å². The highest BCUT2D eigenvalue weighted by Gasteiger charge is 2.34. The SMILES string of the molecule is CN1CCCC1C1CNC(CO)C1. The van der Waals surface area contributed by atoms with Crippen LogP contribution in [0.4, 0.5) is 0 Å². The summed E-state index contributed by atoms with van der Waals surface area (Å²) in [5, 5.41) is 12.4. The molecule has 3 heteroatoms.